The Balaban J connectivity index is 2.23. The van der Waals surface area contributed by atoms with Crippen LogP contribution in [0.1, 0.15) is 5.56 Å². The van der Waals surface area contributed by atoms with Crippen molar-refractivity contribution >= 4 is 16.9 Å². The Hall–Kier alpha value is -2.36. The number of nitrogens with one attached hydrogen (secondary N) is 1. The normalized spacial score (nSPS) is 10.9. The highest BCUT2D eigenvalue weighted by atomic mass is 15.0. The minimum Gasteiger partial charge on any atom is -0.399 e. The average Bonchev–Trinajstić information content (AvgIpc) is 2.75. The van der Waals surface area contributed by atoms with E-state index in [1.54, 1.807) is 6.20 Å². The van der Waals surface area contributed by atoms with Crippen molar-refractivity contribution in [3.8, 4) is 11.4 Å². The molecule has 17 heavy (non-hydrogen) atoms. The van der Waals surface area contributed by atoms with Crippen LogP contribution in [0.3, 0.4) is 0 Å². The number of aryl methyl sites for hydroxylation is 1. The number of hydrogen-bond acceptors (Lipinski definition) is 3. The van der Waals surface area contributed by atoms with Crippen LogP contribution in [0.4, 0.5) is 5.69 Å². The van der Waals surface area contributed by atoms with E-state index in [1.807, 2.05) is 37.3 Å². The highest BCUT2D eigenvalue weighted by molar-refractivity contribution is 5.77. The molecule has 4 heteroatoms. The van der Waals surface area contributed by atoms with Crippen molar-refractivity contribution in [3.05, 3.63) is 42.1 Å². The van der Waals surface area contributed by atoms with Crippen molar-refractivity contribution in [2.75, 3.05) is 5.73 Å². The summed E-state index contributed by atoms with van der Waals surface area (Å²) in [4.78, 5) is 11.9. The number of nitrogens with two attached hydrogens (primary N) is 1. The number of H-pyrrole nitrogens is 1. The number of nitrogen functional groups attached to an aromatic ring is 1. The number of nitrogens with zero attached hydrogens (tertiary/aromatic N) is 2. The summed E-state index contributed by atoms with van der Waals surface area (Å²) < 4.78 is 0. The van der Waals surface area contributed by atoms with Crippen molar-refractivity contribution in [1.82, 2.24) is 15.0 Å². The molecule has 0 atom stereocenters. The standard InChI is InChI=1S/C13H12N4/c1-8-4-5-9(14)7-10(8)12-16-11-3-2-6-15-13(11)17-12/h2-7H,14H2,1H3,(H,15,16,17). The third-order valence-corrected chi connectivity index (χ3v) is 2.77. The Morgan fingerprint density at radius 3 is 2.94 bits per heavy atom. The summed E-state index contributed by atoms with van der Waals surface area (Å²) in [7, 11) is 0. The molecule has 1 aromatic carbocycles. The van der Waals surface area contributed by atoms with Gasteiger partial charge in [0.1, 0.15) is 5.82 Å². The zero-order chi connectivity index (χ0) is 11.8. The summed E-state index contributed by atoms with van der Waals surface area (Å²) in [6, 6.07) is 9.65. The van der Waals surface area contributed by atoms with Crippen molar-refractivity contribution in [3.63, 3.8) is 0 Å². The first-order chi connectivity index (χ1) is 8.24. The van der Waals surface area contributed by atoms with Crippen LogP contribution in [0.2, 0.25) is 0 Å². The Labute approximate surface area is 98.5 Å². The fraction of sp³-hybridized carbons (Fsp3) is 0.0769. The lowest BCUT2D eigenvalue weighted by Gasteiger charge is -2.03. The van der Waals surface area contributed by atoms with Crippen LogP contribution >= 0.6 is 0 Å². The van der Waals surface area contributed by atoms with Crippen LogP contribution in [0, 0.1) is 6.92 Å². The van der Waals surface area contributed by atoms with E-state index >= 15 is 0 Å². The van der Waals surface area contributed by atoms with E-state index in [9.17, 15) is 0 Å². The van der Waals surface area contributed by atoms with Gasteiger partial charge in [0, 0.05) is 17.4 Å². The molecule has 0 fully saturated rings. The van der Waals surface area contributed by atoms with Crippen molar-refractivity contribution in [1.29, 1.82) is 0 Å². The fourth-order valence-corrected chi connectivity index (χ4v) is 1.87. The summed E-state index contributed by atoms with van der Waals surface area (Å²) in [6.07, 6.45) is 1.74. The molecule has 0 saturated carbocycles. The summed E-state index contributed by atoms with van der Waals surface area (Å²) in [5.74, 6) is 0.809. The van der Waals surface area contributed by atoms with Gasteiger partial charge in [-0.1, -0.05) is 6.07 Å². The molecule has 2 aromatic heterocycles. The van der Waals surface area contributed by atoms with Crippen LogP contribution in [0.15, 0.2) is 36.5 Å². The first-order valence-corrected chi connectivity index (χ1v) is 5.41. The molecule has 0 aliphatic heterocycles. The molecule has 0 aliphatic carbocycles. The van der Waals surface area contributed by atoms with Gasteiger partial charge in [-0.05, 0) is 36.8 Å². The average molecular weight is 224 g/mol. The Kier molecular flexibility index (Phi) is 2.08. The maximum atomic E-state index is 5.80. The van der Waals surface area contributed by atoms with E-state index in [2.05, 4.69) is 15.0 Å². The lowest BCUT2D eigenvalue weighted by atomic mass is 10.1. The SMILES string of the molecule is Cc1ccc(N)cc1-c1nc2ncccc2[nH]1. The first-order valence-electron chi connectivity index (χ1n) is 5.41. The van der Waals surface area contributed by atoms with Gasteiger partial charge >= 0.3 is 0 Å². The van der Waals surface area contributed by atoms with Crippen LogP contribution in [-0.2, 0) is 0 Å². The van der Waals surface area contributed by atoms with Crippen molar-refractivity contribution in [2.24, 2.45) is 0 Å². The van der Waals surface area contributed by atoms with Gasteiger partial charge in [0.15, 0.2) is 5.65 Å². The topological polar surface area (TPSA) is 67.6 Å². The maximum Gasteiger partial charge on any atom is 0.178 e. The van der Waals surface area contributed by atoms with Crippen molar-refractivity contribution < 1.29 is 0 Å². The minimum atomic E-state index is 0.726. The lowest BCUT2D eigenvalue weighted by Crippen LogP contribution is -1.90. The molecular formula is C13H12N4. The molecule has 0 saturated heterocycles. The second-order valence-corrected chi connectivity index (χ2v) is 4.03. The summed E-state index contributed by atoms with van der Waals surface area (Å²) in [6.45, 7) is 2.04. The number of aromatic amines is 1. The molecule has 0 spiro atoms. The number of hydrogen-bond donors (Lipinski definition) is 2. The molecule has 0 radical (unpaired) electrons. The highest BCUT2D eigenvalue weighted by Crippen LogP contribution is 2.24. The van der Waals surface area contributed by atoms with E-state index in [1.165, 1.54) is 0 Å². The van der Waals surface area contributed by atoms with Gasteiger partial charge in [-0.25, -0.2) is 9.97 Å². The van der Waals surface area contributed by atoms with E-state index in [-0.39, 0.29) is 0 Å². The molecule has 84 valence electrons. The van der Waals surface area contributed by atoms with Crippen LogP contribution in [-0.4, -0.2) is 15.0 Å². The maximum absolute atomic E-state index is 5.80. The predicted molar refractivity (Wildman–Crippen MR) is 68.5 cm³/mol. The zero-order valence-corrected chi connectivity index (χ0v) is 9.44. The Bertz CT molecular complexity index is 652. The Morgan fingerprint density at radius 1 is 1.24 bits per heavy atom. The van der Waals surface area contributed by atoms with Crippen molar-refractivity contribution in [2.45, 2.75) is 6.92 Å². The Morgan fingerprint density at radius 2 is 2.12 bits per heavy atom. The molecule has 0 bridgehead atoms. The quantitative estimate of drug-likeness (QED) is 0.624. The number of fused-ring (bicyclic) bond motifs is 1. The van der Waals surface area contributed by atoms with Crippen LogP contribution in [0.25, 0.3) is 22.6 Å². The van der Waals surface area contributed by atoms with E-state index in [0.29, 0.717) is 0 Å². The third kappa shape index (κ3) is 1.63. The second-order valence-electron chi connectivity index (χ2n) is 4.03. The molecule has 3 N–H and O–H groups in total. The van der Waals surface area contributed by atoms with E-state index in [4.69, 9.17) is 5.73 Å². The monoisotopic (exact) mass is 224 g/mol. The fourth-order valence-electron chi connectivity index (χ4n) is 1.87. The molecule has 0 unspecified atom stereocenters. The van der Waals surface area contributed by atoms with E-state index in [0.717, 1.165) is 33.8 Å². The van der Waals surface area contributed by atoms with Gasteiger partial charge in [-0.15, -0.1) is 0 Å². The van der Waals surface area contributed by atoms with Crippen LogP contribution < -0.4 is 5.73 Å². The molecule has 3 aromatic rings. The summed E-state index contributed by atoms with van der Waals surface area (Å²) in [5, 5.41) is 0. The summed E-state index contributed by atoms with van der Waals surface area (Å²) in [5.41, 5.74) is 10.4. The molecule has 4 nitrogen and oxygen atoms in total. The lowest BCUT2D eigenvalue weighted by molar-refractivity contribution is 1.28. The van der Waals surface area contributed by atoms with Gasteiger partial charge in [-0.2, -0.15) is 0 Å². The smallest absolute Gasteiger partial charge is 0.178 e. The summed E-state index contributed by atoms with van der Waals surface area (Å²) >= 11 is 0. The number of benzene rings is 1. The first kappa shape index (κ1) is 9.84. The van der Waals surface area contributed by atoms with Gasteiger partial charge < -0.3 is 10.7 Å². The molecular weight excluding hydrogens is 212 g/mol. The van der Waals surface area contributed by atoms with Gasteiger partial charge in [0.25, 0.3) is 0 Å². The minimum absolute atomic E-state index is 0.726. The van der Waals surface area contributed by atoms with Gasteiger partial charge in [0.2, 0.25) is 0 Å². The number of pyridine rings is 1. The van der Waals surface area contributed by atoms with Crippen LogP contribution in [0.5, 0.6) is 0 Å². The number of aromatic nitrogens is 3. The molecule has 3 rings (SSSR count). The number of rotatable bonds is 1. The highest BCUT2D eigenvalue weighted by Gasteiger charge is 2.08. The molecule has 0 aliphatic rings. The van der Waals surface area contributed by atoms with Gasteiger partial charge in [-0.3, -0.25) is 0 Å². The van der Waals surface area contributed by atoms with Gasteiger partial charge in [0.05, 0.1) is 5.52 Å². The van der Waals surface area contributed by atoms with E-state index < -0.39 is 0 Å². The number of anilines is 1. The zero-order valence-electron chi connectivity index (χ0n) is 9.44. The molecule has 2 heterocycles. The molecule has 0 amide bonds. The third-order valence-electron chi connectivity index (χ3n) is 2.77. The predicted octanol–water partition coefficient (Wildman–Crippen LogP) is 2.52. The second kappa shape index (κ2) is 3.59. The largest absolute Gasteiger partial charge is 0.399 e. The number of imidazole rings is 1.